The van der Waals surface area contributed by atoms with Gasteiger partial charge in [0.25, 0.3) is 0 Å². The van der Waals surface area contributed by atoms with Crippen LogP contribution in [0, 0.1) is 6.92 Å². The fraction of sp³-hybridized carbons (Fsp3) is 0.154. The first-order valence-corrected chi connectivity index (χ1v) is 11.2. The lowest BCUT2D eigenvalue weighted by Crippen LogP contribution is -2.07. The molecule has 0 radical (unpaired) electrons. The third kappa shape index (κ3) is 5.13. The third-order valence-corrected chi connectivity index (χ3v) is 5.41. The van der Waals surface area contributed by atoms with Gasteiger partial charge in [0.1, 0.15) is 0 Å². The standard InChI is InChI=1S/C26H24N4O3S/c1-3-33-25(32)19-11-13-20(14-12-19)27-26(34)29-28-23-21-9-4-5-10-22(21)30(24(23)31)16-18-8-6-7-17(2)15-18/h4-15,31H,3,16H2,1-2H3,(H,27,34). The second kappa shape index (κ2) is 10.3. The van der Waals surface area contributed by atoms with Gasteiger partial charge >= 0.3 is 5.97 Å². The first-order chi connectivity index (χ1) is 16.5. The van der Waals surface area contributed by atoms with Crippen LogP contribution in [0.4, 0.5) is 11.4 Å². The van der Waals surface area contributed by atoms with Crippen molar-refractivity contribution >= 4 is 45.6 Å². The highest BCUT2D eigenvalue weighted by Gasteiger charge is 2.17. The highest BCUT2D eigenvalue weighted by atomic mass is 32.1. The Kier molecular flexibility index (Phi) is 6.98. The second-order valence-corrected chi connectivity index (χ2v) is 8.08. The van der Waals surface area contributed by atoms with Crippen LogP contribution in [0.15, 0.2) is 83.0 Å². The molecule has 0 aliphatic heterocycles. The molecule has 0 spiro atoms. The van der Waals surface area contributed by atoms with E-state index in [2.05, 4.69) is 21.6 Å². The summed E-state index contributed by atoms with van der Waals surface area (Å²) >= 11 is 5.30. The summed E-state index contributed by atoms with van der Waals surface area (Å²) in [4.78, 5) is 11.8. The molecular formula is C26H24N4O3S. The summed E-state index contributed by atoms with van der Waals surface area (Å²) in [6.07, 6.45) is 0. The van der Waals surface area contributed by atoms with Gasteiger partial charge in [-0.25, -0.2) is 4.79 Å². The summed E-state index contributed by atoms with van der Waals surface area (Å²) in [5, 5.41) is 23.2. The SMILES string of the molecule is CCOC(=O)c1ccc(NC(=S)N=Nc2c(O)n(Cc3cccc(C)c3)c3ccccc23)cc1. The van der Waals surface area contributed by atoms with Crippen molar-refractivity contribution in [3.05, 3.63) is 89.5 Å². The lowest BCUT2D eigenvalue weighted by molar-refractivity contribution is 0.0526. The molecule has 0 amide bonds. The normalized spacial score (nSPS) is 11.1. The van der Waals surface area contributed by atoms with Gasteiger partial charge in [-0.2, -0.15) is 0 Å². The highest BCUT2D eigenvalue weighted by molar-refractivity contribution is 7.80. The number of rotatable bonds is 6. The van der Waals surface area contributed by atoms with Gasteiger partial charge in [0.2, 0.25) is 11.0 Å². The molecule has 3 aromatic carbocycles. The summed E-state index contributed by atoms with van der Waals surface area (Å²) in [6.45, 7) is 4.61. The second-order valence-electron chi connectivity index (χ2n) is 7.69. The number of thiocarbonyl (C=S) groups is 1. The van der Waals surface area contributed by atoms with E-state index in [0.717, 1.165) is 22.0 Å². The minimum absolute atomic E-state index is 0.0213. The topological polar surface area (TPSA) is 88.2 Å². The van der Waals surface area contributed by atoms with Crippen molar-refractivity contribution in [3.8, 4) is 5.88 Å². The van der Waals surface area contributed by atoms with Crippen LogP contribution in [0.2, 0.25) is 0 Å². The smallest absolute Gasteiger partial charge is 0.338 e. The van der Waals surface area contributed by atoms with E-state index in [1.54, 1.807) is 31.2 Å². The molecule has 2 N–H and O–H groups in total. The van der Waals surface area contributed by atoms with E-state index in [1.807, 2.05) is 54.0 Å². The molecule has 4 rings (SSSR count). The van der Waals surface area contributed by atoms with Gasteiger partial charge in [0.05, 0.1) is 24.2 Å². The summed E-state index contributed by atoms with van der Waals surface area (Å²) < 4.78 is 6.79. The van der Waals surface area contributed by atoms with Gasteiger partial charge in [-0.15, -0.1) is 10.2 Å². The molecule has 0 atom stereocenters. The molecule has 8 heteroatoms. The minimum atomic E-state index is -0.381. The lowest BCUT2D eigenvalue weighted by Gasteiger charge is -2.08. The molecule has 0 aliphatic carbocycles. The molecule has 7 nitrogen and oxygen atoms in total. The largest absolute Gasteiger partial charge is 0.493 e. The molecule has 0 fully saturated rings. The van der Waals surface area contributed by atoms with Crippen LogP contribution in [-0.4, -0.2) is 27.4 Å². The van der Waals surface area contributed by atoms with Crippen LogP contribution in [0.25, 0.3) is 10.9 Å². The molecule has 1 aromatic heterocycles. The van der Waals surface area contributed by atoms with Gasteiger partial charge < -0.3 is 19.7 Å². The number of benzene rings is 3. The van der Waals surface area contributed by atoms with Crippen molar-refractivity contribution in [2.75, 3.05) is 11.9 Å². The van der Waals surface area contributed by atoms with Crippen LogP contribution in [0.1, 0.15) is 28.4 Å². The van der Waals surface area contributed by atoms with Crippen molar-refractivity contribution in [2.45, 2.75) is 20.4 Å². The molecular weight excluding hydrogens is 448 g/mol. The molecule has 1 heterocycles. The maximum atomic E-state index is 11.8. The van der Waals surface area contributed by atoms with Gasteiger partial charge in [-0.05, 0) is 62.0 Å². The minimum Gasteiger partial charge on any atom is -0.493 e. The number of fused-ring (bicyclic) bond motifs is 1. The number of anilines is 1. The van der Waals surface area contributed by atoms with Gasteiger partial charge in [0.15, 0.2) is 5.69 Å². The number of esters is 1. The zero-order valence-corrected chi connectivity index (χ0v) is 19.7. The number of azo groups is 1. The lowest BCUT2D eigenvalue weighted by atomic mass is 10.1. The summed E-state index contributed by atoms with van der Waals surface area (Å²) in [6, 6.07) is 22.5. The molecule has 0 aliphatic rings. The van der Waals surface area contributed by atoms with Crippen LogP contribution >= 0.6 is 12.2 Å². The number of carbonyl (C=O) groups excluding carboxylic acids is 1. The van der Waals surface area contributed by atoms with Crippen molar-refractivity contribution in [1.29, 1.82) is 0 Å². The molecule has 4 aromatic rings. The number of aryl methyl sites for hydroxylation is 1. The monoisotopic (exact) mass is 472 g/mol. The third-order valence-electron chi connectivity index (χ3n) is 5.23. The molecule has 0 saturated carbocycles. The van der Waals surface area contributed by atoms with Crippen LogP contribution in [-0.2, 0) is 11.3 Å². The number of aromatic nitrogens is 1. The van der Waals surface area contributed by atoms with E-state index in [4.69, 9.17) is 17.0 Å². The van der Waals surface area contributed by atoms with E-state index in [0.29, 0.717) is 30.1 Å². The zero-order chi connectivity index (χ0) is 24.1. The quantitative estimate of drug-likeness (QED) is 0.194. The van der Waals surface area contributed by atoms with Crippen molar-refractivity contribution in [3.63, 3.8) is 0 Å². The molecule has 0 unspecified atom stereocenters. The van der Waals surface area contributed by atoms with E-state index in [-0.39, 0.29) is 17.0 Å². The number of ether oxygens (including phenoxy) is 1. The van der Waals surface area contributed by atoms with E-state index < -0.39 is 0 Å². The maximum absolute atomic E-state index is 11.8. The van der Waals surface area contributed by atoms with E-state index in [1.165, 1.54) is 0 Å². The Bertz CT molecular complexity index is 1380. The number of carbonyl (C=O) groups is 1. The van der Waals surface area contributed by atoms with Crippen LogP contribution < -0.4 is 5.32 Å². The van der Waals surface area contributed by atoms with Crippen LogP contribution in [0.3, 0.4) is 0 Å². The first-order valence-electron chi connectivity index (χ1n) is 10.8. The van der Waals surface area contributed by atoms with Gasteiger partial charge in [-0.3, -0.25) is 0 Å². The van der Waals surface area contributed by atoms with Crippen molar-refractivity contribution in [2.24, 2.45) is 10.2 Å². The number of hydrogen-bond acceptors (Lipinski definition) is 5. The molecule has 172 valence electrons. The Morgan fingerprint density at radius 2 is 1.85 bits per heavy atom. The number of nitrogens with zero attached hydrogens (tertiary/aromatic N) is 3. The summed E-state index contributed by atoms with van der Waals surface area (Å²) in [7, 11) is 0. The summed E-state index contributed by atoms with van der Waals surface area (Å²) in [5.41, 5.74) is 4.53. The predicted molar refractivity (Wildman–Crippen MR) is 137 cm³/mol. The maximum Gasteiger partial charge on any atom is 0.338 e. The Balaban J connectivity index is 1.54. The van der Waals surface area contributed by atoms with E-state index in [9.17, 15) is 9.90 Å². The number of nitrogens with one attached hydrogen (secondary N) is 1. The fourth-order valence-electron chi connectivity index (χ4n) is 3.67. The first kappa shape index (κ1) is 23.1. The molecule has 0 bridgehead atoms. The number of aromatic hydroxyl groups is 1. The molecule has 34 heavy (non-hydrogen) atoms. The number of para-hydroxylation sites is 1. The fourth-order valence-corrected chi connectivity index (χ4v) is 3.83. The Morgan fingerprint density at radius 1 is 1.09 bits per heavy atom. The average molecular weight is 473 g/mol. The zero-order valence-electron chi connectivity index (χ0n) is 18.9. The highest BCUT2D eigenvalue weighted by Crippen LogP contribution is 2.39. The van der Waals surface area contributed by atoms with Crippen molar-refractivity contribution < 1.29 is 14.6 Å². The Morgan fingerprint density at radius 3 is 2.59 bits per heavy atom. The van der Waals surface area contributed by atoms with E-state index >= 15 is 0 Å². The predicted octanol–water partition coefficient (Wildman–Crippen LogP) is 6.36. The molecule has 0 saturated heterocycles. The van der Waals surface area contributed by atoms with Gasteiger partial charge in [0, 0.05) is 11.1 Å². The van der Waals surface area contributed by atoms with Gasteiger partial charge in [-0.1, -0.05) is 48.0 Å². The van der Waals surface area contributed by atoms with Crippen molar-refractivity contribution in [1.82, 2.24) is 4.57 Å². The average Bonchev–Trinajstić information content (AvgIpc) is 3.09. The Hall–Kier alpha value is -4.04. The summed E-state index contributed by atoms with van der Waals surface area (Å²) in [5.74, 6) is -0.359. The number of hydrogen-bond donors (Lipinski definition) is 2. The Labute approximate surface area is 202 Å². The van der Waals surface area contributed by atoms with Crippen LogP contribution in [0.5, 0.6) is 5.88 Å².